The molecule has 1 aromatic heterocycles. The van der Waals surface area contributed by atoms with Crippen molar-refractivity contribution in [2.45, 2.75) is 51.9 Å². The van der Waals surface area contributed by atoms with Crippen LogP contribution in [0.4, 0.5) is 0 Å². The lowest BCUT2D eigenvalue weighted by Gasteiger charge is -2.38. The Kier molecular flexibility index (Phi) is 6.26. The number of hydrogen-bond donors (Lipinski definition) is 2. The van der Waals surface area contributed by atoms with Crippen molar-refractivity contribution in [3.8, 4) is 10.6 Å². The molecule has 1 aliphatic heterocycles. The van der Waals surface area contributed by atoms with E-state index in [2.05, 4.69) is 4.72 Å². The number of likely N-dealkylation sites (tertiary alicyclic amines) is 1. The summed E-state index contributed by atoms with van der Waals surface area (Å²) in [5.74, 6) is 0. The molecular weight excluding hydrogens is 394 g/mol. The molecule has 1 aromatic carbocycles. The van der Waals surface area contributed by atoms with Crippen LogP contribution >= 0.6 is 11.3 Å². The minimum atomic E-state index is -3.33. The fourth-order valence-corrected chi connectivity index (χ4v) is 5.34. The SMILES string of the molecule is CC(C)(C)C(O)N1CCC(NS(C)(=O)=O)C1Cc1csc(-c2ccccc2)n1. The minimum Gasteiger partial charge on any atom is -0.378 e. The average molecular weight is 424 g/mol. The molecule has 0 saturated carbocycles. The van der Waals surface area contributed by atoms with E-state index in [1.165, 1.54) is 6.26 Å². The van der Waals surface area contributed by atoms with Gasteiger partial charge in [0.25, 0.3) is 0 Å². The Balaban J connectivity index is 1.84. The number of benzene rings is 1. The lowest BCUT2D eigenvalue weighted by molar-refractivity contribution is -0.0783. The van der Waals surface area contributed by atoms with Crippen LogP contribution in [0.25, 0.3) is 10.6 Å². The number of aromatic nitrogens is 1. The summed E-state index contributed by atoms with van der Waals surface area (Å²) in [6, 6.07) is 9.62. The summed E-state index contributed by atoms with van der Waals surface area (Å²) in [7, 11) is -3.33. The third-order valence-corrected chi connectivity index (χ3v) is 6.70. The van der Waals surface area contributed by atoms with Gasteiger partial charge in [-0.25, -0.2) is 18.1 Å². The highest BCUT2D eigenvalue weighted by atomic mass is 32.2. The molecular formula is C20H29N3O3S2. The van der Waals surface area contributed by atoms with Crippen molar-refractivity contribution in [1.29, 1.82) is 0 Å². The van der Waals surface area contributed by atoms with Crippen molar-refractivity contribution in [3.63, 3.8) is 0 Å². The molecule has 3 rings (SSSR count). The highest BCUT2D eigenvalue weighted by molar-refractivity contribution is 7.88. The quantitative estimate of drug-likeness (QED) is 0.747. The molecule has 2 heterocycles. The molecule has 1 aliphatic rings. The van der Waals surface area contributed by atoms with Crippen LogP contribution in [-0.2, 0) is 16.4 Å². The first-order valence-corrected chi connectivity index (χ1v) is 12.2. The van der Waals surface area contributed by atoms with Gasteiger partial charge in [0.15, 0.2) is 0 Å². The number of sulfonamides is 1. The first-order chi connectivity index (χ1) is 13.0. The molecule has 2 N–H and O–H groups in total. The molecule has 3 atom stereocenters. The first-order valence-electron chi connectivity index (χ1n) is 9.45. The maximum Gasteiger partial charge on any atom is 0.209 e. The van der Waals surface area contributed by atoms with Gasteiger partial charge in [-0.05, 0) is 6.42 Å². The number of rotatable bonds is 6. The molecule has 1 fully saturated rings. The fourth-order valence-electron chi connectivity index (χ4n) is 3.68. The summed E-state index contributed by atoms with van der Waals surface area (Å²) in [6.07, 6.45) is 1.78. The van der Waals surface area contributed by atoms with E-state index in [4.69, 9.17) is 4.98 Å². The average Bonchev–Trinajstić information content (AvgIpc) is 3.21. The number of aliphatic hydroxyl groups excluding tert-OH is 1. The molecule has 0 aliphatic carbocycles. The Morgan fingerprint density at radius 3 is 2.61 bits per heavy atom. The van der Waals surface area contributed by atoms with Crippen molar-refractivity contribution < 1.29 is 13.5 Å². The van der Waals surface area contributed by atoms with E-state index < -0.39 is 16.3 Å². The largest absolute Gasteiger partial charge is 0.378 e. The second-order valence-corrected chi connectivity index (χ2v) is 11.2. The van der Waals surface area contributed by atoms with Crippen LogP contribution in [0.1, 0.15) is 32.9 Å². The van der Waals surface area contributed by atoms with Gasteiger partial charge < -0.3 is 5.11 Å². The van der Waals surface area contributed by atoms with Crippen LogP contribution in [0.2, 0.25) is 0 Å². The van der Waals surface area contributed by atoms with E-state index in [-0.39, 0.29) is 17.5 Å². The molecule has 0 spiro atoms. The maximum atomic E-state index is 11.8. The monoisotopic (exact) mass is 423 g/mol. The molecule has 2 aromatic rings. The second-order valence-electron chi connectivity index (χ2n) is 8.54. The van der Waals surface area contributed by atoms with E-state index in [1.807, 2.05) is 61.4 Å². The zero-order chi connectivity index (χ0) is 20.5. The normalized spacial score (nSPS) is 22.5. The topological polar surface area (TPSA) is 82.5 Å². The Labute approximate surface area is 171 Å². The van der Waals surface area contributed by atoms with Gasteiger partial charge in [0.05, 0.1) is 11.9 Å². The highest BCUT2D eigenvalue weighted by Gasteiger charge is 2.42. The molecule has 0 amide bonds. The van der Waals surface area contributed by atoms with E-state index in [0.717, 1.165) is 16.3 Å². The maximum absolute atomic E-state index is 11.8. The first kappa shape index (κ1) is 21.4. The Morgan fingerprint density at radius 1 is 1.32 bits per heavy atom. The van der Waals surface area contributed by atoms with E-state index in [1.54, 1.807) is 11.3 Å². The van der Waals surface area contributed by atoms with E-state index in [9.17, 15) is 13.5 Å². The second kappa shape index (κ2) is 8.20. The molecule has 28 heavy (non-hydrogen) atoms. The lowest BCUT2D eigenvalue weighted by Crippen LogP contribution is -2.52. The van der Waals surface area contributed by atoms with Gasteiger partial charge in [0.1, 0.15) is 11.2 Å². The van der Waals surface area contributed by atoms with Gasteiger partial charge in [0.2, 0.25) is 10.0 Å². The summed E-state index contributed by atoms with van der Waals surface area (Å²) in [6.45, 7) is 6.61. The van der Waals surface area contributed by atoms with Crippen LogP contribution in [0.3, 0.4) is 0 Å². The number of thiazole rings is 1. The van der Waals surface area contributed by atoms with Gasteiger partial charge in [-0.15, -0.1) is 11.3 Å². The van der Waals surface area contributed by atoms with Gasteiger partial charge >= 0.3 is 0 Å². The smallest absolute Gasteiger partial charge is 0.209 e. The molecule has 1 saturated heterocycles. The van der Waals surface area contributed by atoms with Crippen molar-refractivity contribution in [1.82, 2.24) is 14.6 Å². The molecule has 3 unspecified atom stereocenters. The third-order valence-electron chi connectivity index (χ3n) is 5.03. The molecule has 6 nitrogen and oxygen atoms in total. The molecule has 154 valence electrons. The van der Waals surface area contributed by atoms with Gasteiger partial charge in [-0.2, -0.15) is 0 Å². The van der Waals surface area contributed by atoms with Crippen molar-refractivity contribution in [2.24, 2.45) is 5.41 Å². The van der Waals surface area contributed by atoms with E-state index in [0.29, 0.717) is 19.4 Å². The predicted octanol–water partition coefficient (Wildman–Crippen LogP) is 2.71. The Hall–Kier alpha value is -1.32. The number of nitrogens with zero attached hydrogens (tertiary/aromatic N) is 2. The van der Waals surface area contributed by atoms with Gasteiger partial charge in [-0.3, -0.25) is 4.90 Å². The van der Waals surface area contributed by atoms with Crippen LogP contribution in [0.15, 0.2) is 35.7 Å². The van der Waals surface area contributed by atoms with Crippen LogP contribution in [0.5, 0.6) is 0 Å². The van der Waals surface area contributed by atoms with Gasteiger partial charge in [-0.1, -0.05) is 51.1 Å². The van der Waals surface area contributed by atoms with Crippen LogP contribution < -0.4 is 4.72 Å². The number of aliphatic hydroxyl groups is 1. The molecule has 8 heteroatoms. The van der Waals surface area contributed by atoms with Gasteiger partial charge in [0, 0.05) is 41.4 Å². The standard InChI is InChI=1S/C20H29N3O3S2/c1-20(2,3)19(24)23-11-10-16(22-28(4,25)26)17(23)12-15-13-27-18(21-15)14-8-6-5-7-9-14/h5-9,13,16-17,19,22,24H,10-12H2,1-4H3. The predicted molar refractivity (Wildman–Crippen MR) is 114 cm³/mol. The van der Waals surface area contributed by atoms with Crippen molar-refractivity contribution in [2.75, 3.05) is 12.8 Å². The van der Waals surface area contributed by atoms with Crippen molar-refractivity contribution >= 4 is 21.4 Å². The molecule has 0 radical (unpaired) electrons. The highest BCUT2D eigenvalue weighted by Crippen LogP contribution is 2.32. The molecule has 0 bridgehead atoms. The zero-order valence-electron chi connectivity index (χ0n) is 16.8. The summed E-state index contributed by atoms with van der Waals surface area (Å²) in [4.78, 5) is 6.78. The minimum absolute atomic E-state index is 0.144. The summed E-state index contributed by atoms with van der Waals surface area (Å²) in [5, 5.41) is 13.8. The van der Waals surface area contributed by atoms with Crippen LogP contribution in [-0.4, -0.2) is 54.5 Å². The van der Waals surface area contributed by atoms with Crippen LogP contribution in [0, 0.1) is 5.41 Å². The lowest BCUT2D eigenvalue weighted by atomic mass is 9.92. The van der Waals surface area contributed by atoms with E-state index >= 15 is 0 Å². The third kappa shape index (κ3) is 5.18. The Bertz CT molecular complexity index is 891. The van der Waals surface area contributed by atoms with Crippen molar-refractivity contribution in [3.05, 3.63) is 41.4 Å². The number of hydrogen-bond acceptors (Lipinski definition) is 6. The summed E-state index contributed by atoms with van der Waals surface area (Å²) < 4.78 is 26.4. The number of nitrogens with one attached hydrogen (secondary N) is 1. The zero-order valence-corrected chi connectivity index (χ0v) is 18.4. The summed E-state index contributed by atoms with van der Waals surface area (Å²) >= 11 is 1.58. The fraction of sp³-hybridized carbons (Fsp3) is 0.550. The Morgan fingerprint density at radius 2 is 2.00 bits per heavy atom. The summed E-state index contributed by atoms with van der Waals surface area (Å²) in [5.41, 5.74) is 1.67.